The Morgan fingerprint density at radius 2 is 1.50 bits per heavy atom. The summed E-state index contributed by atoms with van der Waals surface area (Å²) in [6.45, 7) is 4.36. The van der Waals surface area contributed by atoms with Crippen LogP contribution in [-0.4, -0.2) is 29.8 Å². The lowest BCUT2D eigenvalue weighted by Gasteiger charge is -2.53. The van der Waals surface area contributed by atoms with Gasteiger partial charge in [0.15, 0.2) is 5.78 Å². The molecule has 2 aromatic carbocycles. The Labute approximate surface area is 157 Å². The third-order valence-electron chi connectivity index (χ3n) is 6.58. The molecule has 1 unspecified atom stereocenters. The molecule has 0 aliphatic carbocycles. The molecule has 2 bridgehead atoms. The van der Waals surface area contributed by atoms with Crippen LogP contribution in [0.4, 0.5) is 0 Å². The first kappa shape index (κ1) is 17.5. The number of nitrogens with zero attached hydrogens (tertiary/aromatic N) is 1. The average molecular weight is 348 g/mol. The van der Waals surface area contributed by atoms with Gasteiger partial charge >= 0.3 is 0 Å². The SMILES string of the molecule is CCCCC12CCN(CC1)C(C(c1ccccc1)c1ccccc1)C2=O. The zero-order valence-electron chi connectivity index (χ0n) is 15.7. The Bertz CT molecular complexity index is 692. The molecule has 0 radical (unpaired) electrons. The van der Waals surface area contributed by atoms with Crippen LogP contribution in [0, 0.1) is 5.41 Å². The highest BCUT2D eigenvalue weighted by molar-refractivity contribution is 5.92. The number of fused-ring (bicyclic) bond motifs is 3. The molecular weight excluding hydrogens is 318 g/mol. The number of carbonyl (C=O) groups is 1. The number of hydrogen-bond donors (Lipinski definition) is 0. The van der Waals surface area contributed by atoms with E-state index in [1.165, 1.54) is 24.0 Å². The van der Waals surface area contributed by atoms with Crippen LogP contribution >= 0.6 is 0 Å². The summed E-state index contributed by atoms with van der Waals surface area (Å²) >= 11 is 0. The van der Waals surface area contributed by atoms with Crippen LogP contribution in [-0.2, 0) is 4.79 Å². The lowest BCUT2D eigenvalue weighted by atomic mass is 9.62. The number of unbranched alkanes of at least 4 members (excludes halogenated alkanes) is 1. The molecule has 3 aliphatic rings. The highest BCUT2D eigenvalue weighted by Gasteiger charge is 2.53. The lowest BCUT2D eigenvalue weighted by Crippen LogP contribution is -2.62. The molecule has 5 rings (SSSR count). The summed E-state index contributed by atoms with van der Waals surface area (Å²) in [4.78, 5) is 16.2. The lowest BCUT2D eigenvalue weighted by molar-refractivity contribution is -0.149. The zero-order chi connectivity index (χ0) is 18.0. The smallest absolute Gasteiger partial charge is 0.157 e. The Balaban J connectivity index is 1.75. The van der Waals surface area contributed by atoms with Gasteiger partial charge in [-0.3, -0.25) is 9.69 Å². The molecule has 0 aromatic heterocycles. The minimum absolute atomic E-state index is 0.0147. The summed E-state index contributed by atoms with van der Waals surface area (Å²) in [5.74, 6) is 0.632. The molecular formula is C24H29NO. The molecule has 0 saturated carbocycles. The number of benzene rings is 2. The number of carbonyl (C=O) groups excluding carboxylic acids is 1. The van der Waals surface area contributed by atoms with Gasteiger partial charge in [0.05, 0.1) is 6.04 Å². The maximum absolute atomic E-state index is 13.8. The average Bonchev–Trinajstić information content (AvgIpc) is 2.71. The maximum atomic E-state index is 13.8. The standard InChI is InChI=1S/C24H29NO/c1-2-3-14-24-15-17-25(18-16-24)22(23(24)26)21(19-10-6-4-7-11-19)20-12-8-5-9-13-20/h4-13,21-22H,2-3,14-18H2,1H3. The second-order valence-electron chi connectivity index (χ2n) is 8.03. The van der Waals surface area contributed by atoms with Crippen molar-refractivity contribution in [3.05, 3.63) is 71.8 Å². The molecule has 2 nitrogen and oxygen atoms in total. The zero-order valence-corrected chi connectivity index (χ0v) is 15.7. The van der Waals surface area contributed by atoms with Crippen molar-refractivity contribution in [2.24, 2.45) is 5.41 Å². The first-order chi connectivity index (χ1) is 12.7. The molecule has 136 valence electrons. The van der Waals surface area contributed by atoms with E-state index in [4.69, 9.17) is 0 Å². The van der Waals surface area contributed by atoms with Crippen LogP contribution < -0.4 is 0 Å². The van der Waals surface area contributed by atoms with Crippen LogP contribution in [0.15, 0.2) is 60.7 Å². The second-order valence-corrected chi connectivity index (χ2v) is 8.03. The fourth-order valence-electron chi connectivity index (χ4n) is 5.08. The predicted octanol–water partition coefficient (Wildman–Crippen LogP) is 5.04. The van der Waals surface area contributed by atoms with Gasteiger partial charge < -0.3 is 0 Å². The molecule has 2 aromatic rings. The molecule has 0 N–H and O–H groups in total. The van der Waals surface area contributed by atoms with Gasteiger partial charge in [-0.2, -0.15) is 0 Å². The molecule has 3 fully saturated rings. The van der Waals surface area contributed by atoms with Crippen molar-refractivity contribution < 1.29 is 4.79 Å². The van der Waals surface area contributed by atoms with E-state index in [0.29, 0.717) is 5.78 Å². The van der Waals surface area contributed by atoms with Crippen molar-refractivity contribution in [2.45, 2.75) is 51.0 Å². The van der Waals surface area contributed by atoms with Crippen LogP contribution in [0.3, 0.4) is 0 Å². The van der Waals surface area contributed by atoms with Crippen LogP contribution in [0.5, 0.6) is 0 Å². The van der Waals surface area contributed by atoms with Crippen molar-refractivity contribution in [1.82, 2.24) is 4.90 Å². The minimum Gasteiger partial charge on any atom is -0.297 e. The Morgan fingerprint density at radius 3 is 2.00 bits per heavy atom. The van der Waals surface area contributed by atoms with Gasteiger partial charge in [-0.15, -0.1) is 0 Å². The van der Waals surface area contributed by atoms with Gasteiger partial charge in [-0.1, -0.05) is 80.4 Å². The fraction of sp³-hybridized carbons (Fsp3) is 0.458. The van der Waals surface area contributed by atoms with E-state index in [-0.39, 0.29) is 17.4 Å². The largest absolute Gasteiger partial charge is 0.297 e. The van der Waals surface area contributed by atoms with E-state index in [1.807, 2.05) is 0 Å². The van der Waals surface area contributed by atoms with Gasteiger partial charge in [-0.05, 0) is 43.5 Å². The Kier molecular flexibility index (Phi) is 4.95. The van der Waals surface area contributed by atoms with Crippen molar-refractivity contribution >= 4 is 5.78 Å². The van der Waals surface area contributed by atoms with E-state index >= 15 is 0 Å². The van der Waals surface area contributed by atoms with Crippen LogP contribution in [0.2, 0.25) is 0 Å². The summed E-state index contributed by atoms with van der Waals surface area (Å²) in [6, 6.07) is 21.2. The number of piperidine rings is 3. The van der Waals surface area contributed by atoms with E-state index in [9.17, 15) is 4.79 Å². The van der Waals surface area contributed by atoms with Gasteiger partial charge in [0.25, 0.3) is 0 Å². The summed E-state index contributed by atoms with van der Waals surface area (Å²) < 4.78 is 0. The fourth-order valence-corrected chi connectivity index (χ4v) is 5.08. The van der Waals surface area contributed by atoms with E-state index in [1.54, 1.807) is 0 Å². The quantitative estimate of drug-likeness (QED) is 0.729. The third-order valence-corrected chi connectivity index (χ3v) is 6.58. The molecule has 3 heterocycles. The molecule has 0 amide bonds. The first-order valence-corrected chi connectivity index (χ1v) is 10.1. The summed E-state index contributed by atoms with van der Waals surface area (Å²) in [5, 5.41) is 0. The molecule has 3 aliphatic heterocycles. The second kappa shape index (κ2) is 7.36. The van der Waals surface area contributed by atoms with Gasteiger partial charge in [-0.25, -0.2) is 0 Å². The normalized spacial score (nSPS) is 27.8. The topological polar surface area (TPSA) is 20.3 Å². The number of ketones is 1. The highest BCUT2D eigenvalue weighted by Crippen LogP contribution is 2.48. The van der Waals surface area contributed by atoms with E-state index < -0.39 is 0 Å². The van der Waals surface area contributed by atoms with Gasteiger partial charge in [0.1, 0.15) is 0 Å². The third kappa shape index (κ3) is 3.01. The van der Waals surface area contributed by atoms with Crippen molar-refractivity contribution in [1.29, 1.82) is 0 Å². The van der Waals surface area contributed by atoms with Crippen LogP contribution in [0.1, 0.15) is 56.1 Å². The minimum atomic E-state index is -0.0722. The monoisotopic (exact) mass is 347 g/mol. The summed E-state index contributed by atoms with van der Waals surface area (Å²) in [7, 11) is 0. The highest BCUT2D eigenvalue weighted by atomic mass is 16.1. The van der Waals surface area contributed by atoms with Gasteiger partial charge in [0.2, 0.25) is 0 Å². The van der Waals surface area contributed by atoms with Crippen molar-refractivity contribution in [3.63, 3.8) is 0 Å². The Hall–Kier alpha value is -1.93. The molecule has 0 spiro atoms. The maximum Gasteiger partial charge on any atom is 0.157 e. The number of rotatable bonds is 6. The number of hydrogen-bond acceptors (Lipinski definition) is 2. The molecule has 1 atom stereocenters. The Morgan fingerprint density at radius 1 is 0.962 bits per heavy atom. The van der Waals surface area contributed by atoms with Crippen molar-refractivity contribution in [2.75, 3.05) is 13.1 Å². The molecule has 3 saturated heterocycles. The van der Waals surface area contributed by atoms with E-state index in [2.05, 4.69) is 72.5 Å². The predicted molar refractivity (Wildman–Crippen MR) is 106 cm³/mol. The summed E-state index contributed by atoms with van der Waals surface area (Å²) in [5.41, 5.74) is 2.45. The van der Waals surface area contributed by atoms with Gasteiger partial charge in [0, 0.05) is 11.3 Å². The van der Waals surface area contributed by atoms with Crippen molar-refractivity contribution in [3.8, 4) is 0 Å². The first-order valence-electron chi connectivity index (χ1n) is 10.1. The van der Waals surface area contributed by atoms with E-state index in [0.717, 1.165) is 32.4 Å². The summed E-state index contributed by atoms with van der Waals surface area (Å²) in [6.07, 6.45) is 5.52. The molecule has 26 heavy (non-hydrogen) atoms. The number of Topliss-reactive ketones (excluding diaryl/α,β-unsaturated/α-hetero) is 1. The van der Waals surface area contributed by atoms with Crippen LogP contribution in [0.25, 0.3) is 0 Å². The molecule has 2 heteroatoms.